The normalized spacial score (nSPS) is 24.2. The van der Waals surface area contributed by atoms with Crippen molar-refractivity contribution in [1.82, 2.24) is 14.8 Å². The zero-order valence-corrected chi connectivity index (χ0v) is 55.2. The predicted octanol–water partition coefficient (Wildman–Crippen LogP) is 12.9. The van der Waals surface area contributed by atoms with Crippen LogP contribution in [0.1, 0.15) is 76.9 Å². The van der Waals surface area contributed by atoms with E-state index in [1.54, 1.807) is 95.6 Å². The topological polar surface area (TPSA) is 242 Å². The van der Waals surface area contributed by atoms with Gasteiger partial charge in [-0.25, -0.2) is 4.98 Å². The van der Waals surface area contributed by atoms with Crippen LogP contribution in [0.15, 0.2) is 166 Å². The molecule has 87 heavy (non-hydrogen) atoms. The van der Waals surface area contributed by atoms with Crippen LogP contribution >= 0.6 is 81.9 Å². The van der Waals surface area contributed by atoms with Crippen molar-refractivity contribution in [3.63, 3.8) is 0 Å². The van der Waals surface area contributed by atoms with Crippen molar-refractivity contribution < 1.29 is 30.6 Å². The van der Waals surface area contributed by atoms with Crippen LogP contribution in [0.25, 0.3) is 16.3 Å². The Labute approximate surface area is 542 Å². The summed E-state index contributed by atoms with van der Waals surface area (Å²) in [6.07, 6.45) is 0. The van der Waals surface area contributed by atoms with Gasteiger partial charge in [-0.15, -0.1) is 81.9 Å². The third kappa shape index (κ3) is 17.1. The smallest absolute Gasteiger partial charge is 0.127 e. The molecule has 22 heteroatoms. The molecule has 1 aromatic heterocycles. The van der Waals surface area contributed by atoms with E-state index < -0.39 is 0 Å². The Kier molecular flexibility index (Phi) is 24.4. The van der Waals surface area contributed by atoms with E-state index in [0.717, 1.165) is 76.0 Å². The van der Waals surface area contributed by atoms with Crippen LogP contribution in [0.4, 0.5) is 0 Å². The van der Waals surface area contributed by atoms with Crippen LogP contribution < -0.4 is 11.5 Å². The standard InChI is InChI=1S/2C16H22N2OS2.C11H12N2OS.C11H10N2OS.C10H11NO2S.CH4/c2*1-10-13(15-18(4)16(2,3)9-20-15)17-14(21-10)11-7-5-6-8-12(11)19;2*1-7(12)9-6-15-11(13-9)8-4-2-3-5-10(8)14;12-5-7-6-14-10(11-7)8-3-1-2-4-9(8)13;/h2*5-8,10,13,15,19H,9H2,1-4H3;2-5,9,14H,1,6,12H2;2-6,14H,1,12H2;1-4,7,12-13H,5-6H2;1H4/t10-,13+,15+;10-,13+,15-;;;7-;/m00..1./s1. The van der Waals surface area contributed by atoms with E-state index in [4.69, 9.17) is 26.6 Å². The molecule has 464 valence electrons. The average Bonchev–Trinajstić information content (AvgIpc) is 1.93. The molecule has 0 bridgehead atoms. The molecule has 10 N–H and O–H groups in total. The number of thioether (sulfide) groups is 6. The lowest BCUT2D eigenvalue weighted by atomic mass is 10.1. The number of nitrogens with zero attached hydrogens (tertiary/aromatic N) is 7. The van der Waals surface area contributed by atoms with Gasteiger partial charge in [0.15, 0.2) is 0 Å². The van der Waals surface area contributed by atoms with Gasteiger partial charge in [0.1, 0.15) is 53.9 Å². The number of phenolic OH excluding ortho intramolecular Hbond substituents is 5. The maximum atomic E-state index is 10.0. The Balaban J connectivity index is 0.000000157. The monoisotopic (exact) mass is 1310 g/mol. The Morgan fingerprint density at radius 2 is 0.920 bits per heavy atom. The lowest BCUT2D eigenvalue weighted by molar-refractivity contribution is 0.171. The number of nitrogens with two attached hydrogens (primary N) is 2. The predicted molar refractivity (Wildman–Crippen MR) is 379 cm³/mol. The van der Waals surface area contributed by atoms with E-state index in [0.29, 0.717) is 49.8 Å². The SMILES string of the molecule is C.C=C(N)C1CSC(c2ccccc2O)=N1.C=C(N)c1csc(-c2ccccc2O)n1.C[C@@H]1SC(c2ccccc2O)=N[C@H]1[C@@H]1SCC(C)(C)N1C.C[C@@H]1SC(c2ccccc2O)=N[C@H]1[C@H]1SCC(C)(C)N1C.OC[C@@H]1CSC(c2ccccc2O)=N1. The number of phenols is 5. The lowest BCUT2D eigenvalue weighted by Gasteiger charge is -2.33. The number of thiazole rings is 1. The Morgan fingerprint density at radius 1 is 0.552 bits per heavy atom. The molecular weight excluding hydrogens is 1230 g/mol. The van der Waals surface area contributed by atoms with Gasteiger partial charge in [-0.2, -0.15) is 0 Å². The molecule has 1 unspecified atom stereocenters. The average molecular weight is 1310 g/mol. The Bertz CT molecular complexity index is 3380. The minimum Gasteiger partial charge on any atom is -0.507 e. The molecule has 6 aromatic rings. The van der Waals surface area contributed by atoms with E-state index in [9.17, 15) is 25.5 Å². The summed E-state index contributed by atoms with van der Waals surface area (Å²) in [5.41, 5.74) is 17.2. The summed E-state index contributed by atoms with van der Waals surface area (Å²) in [6.45, 7) is 21.0. The minimum absolute atomic E-state index is 0. The molecule has 12 rings (SSSR count). The fourth-order valence-corrected chi connectivity index (χ4v) is 18.7. The number of aliphatic imine (C=N–C) groups is 4. The van der Waals surface area contributed by atoms with Gasteiger partial charge in [0.2, 0.25) is 0 Å². The molecule has 2 saturated heterocycles. The number of hydrogen-bond donors (Lipinski definition) is 8. The largest absolute Gasteiger partial charge is 0.507 e. The van der Waals surface area contributed by atoms with Crippen molar-refractivity contribution in [2.24, 2.45) is 31.4 Å². The first-order valence-corrected chi connectivity index (χ1v) is 34.6. The van der Waals surface area contributed by atoms with Gasteiger partial charge in [0.05, 0.1) is 58.5 Å². The molecular formula is C65H81N9O6S7. The van der Waals surface area contributed by atoms with Crippen molar-refractivity contribution >= 4 is 108 Å². The van der Waals surface area contributed by atoms with Crippen molar-refractivity contribution in [2.75, 3.05) is 43.7 Å². The number of aliphatic hydroxyl groups is 1. The van der Waals surface area contributed by atoms with E-state index in [1.807, 2.05) is 102 Å². The summed E-state index contributed by atoms with van der Waals surface area (Å²) in [5.74, 6) is 5.26. The summed E-state index contributed by atoms with van der Waals surface area (Å²) >= 11 is 12.2. The third-order valence-electron chi connectivity index (χ3n) is 15.1. The van der Waals surface area contributed by atoms with Gasteiger partial charge in [0, 0.05) is 77.9 Å². The highest BCUT2D eigenvalue weighted by molar-refractivity contribution is 8.16. The van der Waals surface area contributed by atoms with Gasteiger partial charge in [-0.05, 0) is 102 Å². The maximum Gasteiger partial charge on any atom is 0.127 e. The maximum absolute atomic E-state index is 10.0. The summed E-state index contributed by atoms with van der Waals surface area (Å²) in [4.78, 5) is 27.8. The van der Waals surface area contributed by atoms with Gasteiger partial charge >= 0.3 is 0 Å². The highest BCUT2D eigenvalue weighted by Crippen LogP contribution is 2.46. The van der Waals surface area contributed by atoms with Crippen LogP contribution in [-0.2, 0) is 0 Å². The fraction of sp³-hybridized carbons (Fsp3) is 0.369. The second-order valence-electron chi connectivity index (χ2n) is 22.3. The molecule has 0 spiro atoms. The van der Waals surface area contributed by atoms with E-state index in [-0.39, 0.29) is 66.5 Å². The number of para-hydroxylation sites is 5. The van der Waals surface area contributed by atoms with Gasteiger partial charge in [0.25, 0.3) is 0 Å². The molecule has 0 radical (unpaired) electrons. The molecule has 6 aliphatic heterocycles. The number of aliphatic hydroxyl groups excluding tert-OH is 1. The molecule has 7 heterocycles. The summed E-state index contributed by atoms with van der Waals surface area (Å²) in [7, 11) is 4.41. The second-order valence-corrected chi connectivity index (χ2v) is 30.1. The zero-order valence-electron chi connectivity index (χ0n) is 49.5. The highest BCUT2D eigenvalue weighted by atomic mass is 32.2. The molecule has 0 aliphatic carbocycles. The van der Waals surface area contributed by atoms with Crippen LogP contribution in [0.5, 0.6) is 28.7 Å². The molecule has 5 aromatic carbocycles. The van der Waals surface area contributed by atoms with Crippen molar-refractivity contribution in [2.45, 2.75) is 105 Å². The van der Waals surface area contributed by atoms with Crippen molar-refractivity contribution in [1.29, 1.82) is 0 Å². The fourth-order valence-electron chi connectivity index (χ4n) is 9.43. The van der Waals surface area contributed by atoms with Crippen LogP contribution in [0.3, 0.4) is 0 Å². The molecule has 6 aliphatic rings. The zero-order chi connectivity index (χ0) is 62.0. The minimum atomic E-state index is -0.0235. The Morgan fingerprint density at radius 3 is 1.24 bits per heavy atom. The number of rotatable bonds is 10. The van der Waals surface area contributed by atoms with Gasteiger partial charge in [-0.1, -0.05) is 95.1 Å². The van der Waals surface area contributed by atoms with Crippen LogP contribution in [0, 0.1) is 0 Å². The highest BCUT2D eigenvalue weighted by Gasteiger charge is 2.47. The molecule has 2 fully saturated rings. The number of hydrogen-bond acceptors (Lipinski definition) is 22. The second kappa shape index (κ2) is 30.8. The number of benzene rings is 5. The molecule has 15 nitrogen and oxygen atoms in total. The van der Waals surface area contributed by atoms with Crippen LogP contribution in [-0.4, -0.2) is 166 Å². The van der Waals surface area contributed by atoms with E-state index in [2.05, 4.69) is 93.6 Å². The van der Waals surface area contributed by atoms with E-state index >= 15 is 0 Å². The van der Waals surface area contributed by atoms with Gasteiger partial charge in [-0.3, -0.25) is 29.8 Å². The molecule has 0 amide bonds. The third-order valence-corrected chi connectivity index (χ3v) is 24.2. The first-order valence-electron chi connectivity index (χ1n) is 27.9. The van der Waals surface area contributed by atoms with Crippen molar-refractivity contribution in [3.05, 3.63) is 174 Å². The molecule has 0 saturated carbocycles. The number of aromatic nitrogens is 1. The van der Waals surface area contributed by atoms with E-state index in [1.165, 1.54) is 11.3 Å². The summed E-state index contributed by atoms with van der Waals surface area (Å²) in [6, 6.07) is 36.9. The van der Waals surface area contributed by atoms with Gasteiger partial charge < -0.3 is 42.1 Å². The lowest BCUT2D eigenvalue weighted by Crippen LogP contribution is -2.46. The quantitative estimate of drug-likeness (QED) is 0.0636. The first-order chi connectivity index (χ1) is 41.0. The summed E-state index contributed by atoms with van der Waals surface area (Å²) < 4.78 is 0. The number of likely N-dealkylation sites (N-methyl/N-ethyl adjacent to an activating group) is 2. The summed E-state index contributed by atoms with van der Waals surface area (Å²) in [5, 5.41) is 65.7. The molecule has 8 atom stereocenters. The van der Waals surface area contributed by atoms with Crippen molar-refractivity contribution in [3.8, 4) is 39.3 Å². The Hall–Kier alpha value is -5.53. The first kappa shape index (κ1) is 69.0. The van der Waals surface area contributed by atoms with Crippen LogP contribution in [0.2, 0.25) is 0 Å². The number of aromatic hydroxyl groups is 5.